The van der Waals surface area contributed by atoms with Crippen LogP contribution in [0.1, 0.15) is 42.5 Å². The lowest BCUT2D eigenvalue weighted by Gasteiger charge is -2.23. The van der Waals surface area contributed by atoms with Crippen molar-refractivity contribution < 1.29 is 14.3 Å². The Morgan fingerprint density at radius 1 is 0.889 bits per heavy atom. The number of urea groups is 1. The summed E-state index contributed by atoms with van der Waals surface area (Å²) in [6, 6.07) is 13.9. The van der Waals surface area contributed by atoms with Gasteiger partial charge in [0.25, 0.3) is 5.91 Å². The predicted octanol–water partition coefficient (Wildman–Crippen LogP) is 4.40. The molecule has 3 rings (SSSR count). The van der Waals surface area contributed by atoms with Gasteiger partial charge >= 0.3 is 6.03 Å². The maximum atomic E-state index is 12.7. The van der Waals surface area contributed by atoms with Crippen LogP contribution >= 0.6 is 0 Å². The van der Waals surface area contributed by atoms with Gasteiger partial charge in [0.2, 0.25) is 0 Å². The molecule has 2 aromatic rings. The van der Waals surface area contributed by atoms with Gasteiger partial charge in [0, 0.05) is 6.04 Å². The summed E-state index contributed by atoms with van der Waals surface area (Å²) >= 11 is 0. The molecule has 0 aromatic heterocycles. The molecule has 142 valence electrons. The number of para-hydroxylation sites is 3. The normalized spacial score (nSPS) is 14.3. The molecule has 1 fully saturated rings. The molecule has 1 aliphatic rings. The van der Waals surface area contributed by atoms with Crippen molar-refractivity contribution in [3.8, 4) is 5.75 Å². The van der Waals surface area contributed by atoms with E-state index in [1.54, 1.807) is 43.5 Å². The summed E-state index contributed by atoms with van der Waals surface area (Å²) < 4.78 is 5.24. The molecule has 3 N–H and O–H groups in total. The van der Waals surface area contributed by atoms with Gasteiger partial charge in [-0.15, -0.1) is 0 Å². The molecular weight excluding hydrogens is 342 g/mol. The summed E-state index contributed by atoms with van der Waals surface area (Å²) in [6.07, 6.45) is 5.54. The van der Waals surface area contributed by atoms with Gasteiger partial charge < -0.3 is 20.7 Å². The lowest BCUT2D eigenvalue weighted by Crippen LogP contribution is -2.36. The highest BCUT2D eigenvalue weighted by atomic mass is 16.5. The van der Waals surface area contributed by atoms with Gasteiger partial charge in [0.1, 0.15) is 5.75 Å². The van der Waals surface area contributed by atoms with Crippen LogP contribution in [0.4, 0.5) is 16.2 Å². The van der Waals surface area contributed by atoms with E-state index in [9.17, 15) is 9.59 Å². The predicted molar refractivity (Wildman–Crippen MR) is 106 cm³/mol. The number of hydrogen-bond acceptors (Lipinski definition) is 3. The van der Waals surface area contributed by atoms with Crippen LogP contribution in [0.2, 0.25) is 0 Å². The van der Waals surface area contributed by atoms with Gasteiger partial charge in [-0.05, 0) is 37.1 Å². The van der Waals surface area contributed by atoms with Crippen LogP contribution in [0.15, 0.2) is 48.5 Å². The summed E-state index contributed by atoms with van der Waals surface area (Å²) in [7, 11) is 1.54. The number of amides is 3. The van der Waals surface area contributed by atoms with Crippen molar-refractivity contribution in [3.63, 3.8) is 0 Å². The Kier molecular flexibility index (Phi) is 6.30. The van der Waals surface area contributed by atoms with E-state index in [4.69, 9.17) is 4.74 Å². The number of nitrogens with one attached hydrogen (secondary N) is 3. The van der Waals surface area contributed by atoms with Crippen LogP contribution in [0.5, 0.6) is 5.75 Å². The number of carbonyl (C=O) groups excluding carboxylic acids is 2. The zero-order chi connectivity index (χ0) is 19.1. The lowest BCUT2D eigenvalue weighted by molar-refractivity contribution is 0.0928. The zero-order valence-corrected chi connectivity index (χ0v) is 15.5. The van der Waals surface area contributed by atoms with Gasteiger partial charge in [-0.1, -0.05) is 43.5 Å². The van der Waals surface area contributed by atoms with Crippen LogP contribution in [-0.4, -0.2) is 25.1 Å². The molecule has 0 bridgehead atoms. The highest BCUT2D eigenvalue weighted by molar-refractivity contribution is 6.06. The molecule has 27 heavy (non-hydrogen) atoms. The number of hydrogen-bond donors (Lipinski definition) is 3. The van der Waals surface area contributed by atoms with Gasteiger partial charge in [-0.25, -0.2) is 4.79 Å². The summed E-state index contributed by atoms with van der Waals surface area (Å²) in [5.74, 6) is 0.408. The third-order valence-electron chi connectivity index (χ3n) is 4.72. The monoisotopic (exact) mass is 367 g/mol. The van der Waals surface area contributed by atoms with Crippen molar-refractivity contribution in [2.75, 3.05) is 17.7 Å². The molecule has 0 radical (unpaired) electrons. The standard InChI is InChI=1S/C21H25N3O3/c1-27-19-14-8-7-13-18(19)24-21(26)23-17-12-6-5-11-16(17)20(25)22-15-9-3-2-4-10-15/h5-8,11-15H,2-4,9-10H2,1H3,(H,22,25)(H2,23,24,26). The third kappa shape index (κ3) is 5.00. The molecule has 0 saturated heterocycles. The minimum absolute atomic E-state index is 0.157. The topological polar surface area (TPSA) is 79.5 Å². The van der Waals surface area contributed by atoms with Gasteiger partial charge in [-0.2, -0.15) is 0 Å². The van der Waals surface area contributed by atoms with Crippen molar-refractivity contribution in [2.45, 2.75) is 38.1 Å². The Labute approximate surface area is 159 Å². The molecule has 0 spiro atoms. The first-order valence-corrected chi connectivity index (χ1v) is 9.28. The van der Waals surface area contributed by atoms with Crippen molar-refractivity contribution in [1.29, 1.82) is 0 Å². The minimum Gasteiger partial charge on any atom is -0.495 e. The molecule has 1 aliphatic carbocycles. The second kappa shape index (κ2) is 9.07. The number of carbonyl (C=O) groups is 2. The van der Waals surface area contributed by atoms with Gasteiger partial charge in [0.05, 0.1) is 24.0 Å². The molecule has 2 aromatic carbocycles. The van der Waals surface area contributed by atoms with E-state index in [-0.39, 0.29) is 11.9 Å². The number of ether oxygens (including phenoxy) is 1. The average Bonchev–Trinajstić information content (AvgIpc) is 2.69. The van der Waals surface area contributed by atoms with Crippen LogP contribution < -0.4 is 20.7 Å². The van der Waals surface area contributed by atoms with E-state index >= 15 is 0 Å². The number of anilines is 2. The minimum atomic E-state index is -0.433. The van der Waals surface area contributed by atoms with E-state index in [0.29, 0.717) is 22.7 Å². The van der Waals surface area contributed by atoms with Gasteiger partial charge in [0.15, 0.2) is 0 Å². The van der Waals surface area contributed by atoms with Crippen molar-refractivity contribution >= 4 is 23.3 Å². The van der Waals surface area contributed by atoms with E-state index < -0.39 is 6.03 Å². The van der Waals surface area contributed by atoms with Crippen molar-refractivity contribution in [3.05, 3.63) is 54.1 Å². The smallest absolute Gasteiger partial charge is 0.323 e. The highest BCUT2D eigenvalue weighted by Gasteiger charge is 2.19. The Morgan fingerprint density at radius 2 is 1.52 bits per heavy atom. The quantitative estimate of drug-likeness (QED) is 0.733. The molecule has 0 unspecified atom stereocenters. The van der Waals surface area contributed by atoms with Crippen LogP contribution in [0.3, 0.4) is 0 Å². The zero-order valence-electron chi connectivity index (χ0n) is 15.5. The molecule has 0 heterocycles. The van der Waals surface area contributed by atoms with Crippen LogP contribution in [0, 0.1) is 0 Å². The summed E-state index contributed by atoms with van der Waals surface area (Å²) in [5, 5.41) is 8.60. The fourth-order valence-corrected chi connectivity index (χ4v) is 3.32. The van der Waals surface area contributed by atoms with E-state index in [0.717, 1.165) is 25.7 Å². The number of methoxy groups -OCH3 is 1. The van der Waals surface area contributed by atoms with E-state index in [1.165, 1.54) is 6.42 Å². The number of rotatable bonds is 5. The molecule has 0 atom stereocenters. The van der Waals surface area contributed by atoms with Crippen molar-refractivity contribution in [1.82, 2.24) is 5.32 Å². The third-order valence-corrected chi connectivity index (χ3v) is 4.72. The summed E-state index contributed by atoms with van der Waals surface area (Å²) in [4.78, 5) is 25.1. The molecule has 1 saturated carbocycles. The Hall–Kier alpha value is -3.02. The van der Waals surface area contributed by atoms with E-state index in [1.807, 2.05) is 12.1 Å². The molecule has 3 amide bonds. The largest absolute Gasteiger partial charge is 0.495 e. The second-order valence-corrected chi connectivity index (χ2v) is 6.63. The molecule has 0 aliphatic heterocycles. The first-order chi connectivity index (χ1) is 13.2. The summed E-state index contributed by atoms with van der Waals surface area (Å²) in [5.41, 5.74) is 1.48. The molecular formula is C21H25N3O3. The lowest BCUT2D eigenvalue weighted by atomic mass is 9.95. The highest BCUT2D eigenvalue weighted by Crippen LogP contribution is 2.24. The van der Waals surface area contributed by atoms with E-state index in [2.05, 4.69) is 16.0 Å². The fraction of sp³-hybridized carbons (Fsp3) is 0.333. The average molecular weight is 367 g/mol. The maximum Gasteiger partial charge on any atom is 0.323 e. The first kappa shape index (κ1) is 18.8. The van der Waals surface area contributed by atoms with Crippen LogP contribution in [-0.2, 0) is 0 Å². The van der Waals surface area contributed by atoms with Crippen LogP contribution in [0.25, 0.3) is 0 Å². The Bertz CT molecular complexity index is 801. The van der Waals surface area contributed by atoms with Crippen molar-refractivity contribution in [2.24, 2.45) is 0 Å². The molecule has 6 nitrogen and oxygen atoms in total. The Morgan fingerprint density at radius 3 is 2.26 bits per heavy atom. The first-order valence-electron chi connectivity index (χ1n) is 9.28. The number of benzene rings is 2. The maximum absolute atomic E-state index is 12.7. The second-order valence-electron chi connectivity index (χ2n) is 6.63. The summed E-state index contributed by atoms with van der Waals surface area (Å²) in [6.45, 7) is 0. The Balaban J connectivity index is 1.68. The fourth-order valence-electron chi connectivity index (χ4n) is 3.32. The molecule has 6 heteroatoms. The van der Waals surface area contributed by atoms with Gasteiger partial charge in [-0.3, -0.25) is 4.79 Å². The SMILES string of the molecule is COc1ccccc1NC(=O)Nc1ccccc1C(=O)NC1CCCCC1.